The number of aliphatic carboxylic acids is 1. The van der Waals surface area contributed by atoms with Crippen LogP contribution in [-0.2, 0) is 14.4 Å². The van der Waals surface area contributed by atoms with Crippen molar-refractivity contribution < 1.29 is 19.5 Å². The van der Waals surface area contributed by atoms with Crippen LogP contribution in [0.5, 0.6) is 0 Å². The maximum Gasteiger partial charge on any atom is 0.331 e. The molecule has 0 bridgehead atoms. The van der Waals surface area contributed by atoms with E-state index >= 15 is 0 Å². The molecule has 3 rings (SSSR count). The number of nitrogens with zero attached hydrogens (tertiary/aromatic N) is 1. The predicted molar refractivity (Wildman–Crippen MR) is 77.8 cm³/mol. The molecule has 1 aromatic carbocycles. The zero-order valence-corrected chi connectivity index (χ0v) is 12.1. The minimum atomic E-state index is -1.06. The first-order valence-corrected chi connectivity index (χ1v) is 7.46. The molecule has 2 fully saturated rings. The Hall–Kier alpha value is -2.37. The molecule has 0 aromatic heterocycles. The van der Waals surface area contributed by atoms with Gasteiger partial charge in [-0.2, -0.15) is 0 Å². The van der Waals surface area contributed by atoms with Crippen molar-refractivity contribution in [2.45, 2.75) is 31.3 Å². The van der Waals surface area contributed by atoms with Gasteiger partial charge in [0.25, 0.3) is 0 Å². The second-order valence-electron chi connectivity index (χ2n) is 5.81. The van der Waals surface area contributed by atoms with Crippen LogP contribution in [0.1, 0.15) is 30.9 Å². The van der Waals surface area contributed by atoms with Crippen molar-refractivity contribution in [1.82, 2.24) is 10.2 Å². The molecule has 22 heavy (non-hydrogen) atoms. The van der Waals surface area contributed by atoms with Gasteiger partial charge in [0.1, 0.15) is 6.04 Å². The molecule has 1 heterocycles. The third kappa shape index (κ3) is 2.81. The predicted octanol–water partition coefficient (Wildman–Crippen LogP) is 0.939. The van der Waals surface area contributed by atoms with Crippen molar-refractivity contribution >= 4 is 17.8 Å². The number of hydrogen-bond acceptors (Lipinski definition) is 3. The lowest BCUT2D eigenvalue weighted by Gasteiger charge is -2.25. The molecule has 0 spiro atoms. The molecule has 1 aliphatic carbocycles. The fraction of sp³-hybridized carbons (Fsp3) is 0.438. The van der Waals surface area contributed by atoms with Crippen LogP contribution in [0.25, 0.3) is 0 Å². The van der Waals surface area contributed by atoms with Crippen LogP contribution in [0.3, 0.4) is 0 Å². The Morgan fingerprint density at radius 2 is 1.86 bits per heavy atom. The maximum atomic E-state index is 12.5. The Morgan fingerprint density at radius 3 is 2.45 bits per heavy atom. The Kier molecular flexibility index (Phi) is 3.83. The van der Waals surface area contributed by atoms with Gasteiger partial charge in [-0.1, -0.05) is 30.3 Å². The average Bonchev–Trinajstić information content (AvgIpc) is 3.29. The summed E-state index contributed by atoms with van der Waals surface area (Å²) in [6, 6.07) is 7.09. The van der Waals surface area contributed by atoms with Crippen LogP contribution in [0.15, 0.2) is 30.3 Å². The van der Waals surface area contributed by atoms with Gasteiger partial charge in [-0.15, -0.1) is 0 Å². The first kappa shape index (κ1) is 14.6. The molecule has 2 atom stereocenters. The van der Waals surface area contributed by atoms with Crippen molar-refractivity contribution in [3.05, 3.63) is 35.9 Å². The van der Waals surface area contributed by atoms with E-state index in [9.17, 15) is 19.5 Å². The van der Waals surface area contributed by atoms with Crippen molar-refractivity contribution in [1.29, 1.82) is 0 Å². The van der Waals surface area contributed by atoms with E-state index in [4.69, 9.17) is 0 Å². The van der Waals surface area contributed by atoms with Crippen LogP contribution >= 0.6 is 0 Å². The zero-order valence-electron chi connectivity index (χ0n) is 12.1. The number of carbonyl (C=O) groups excluding carboxylic acids is 2. The molecule has 2 N–H and O–H groups in total. The fourth-order valence-corrected chi connectivity index (χ4v) is 2.82. The smallest absolute Gasteiger partial charge is 0.331 e. The number of hydrogen-bond donors (Lipinski definition) is 2. The summed E-state index contributed by atoms with van der Waals surface area (Å²) in [5.41, 5.74) is 0.567. The summed E-state index contributed by atoms with van der Waals surface area (Å²) >= 11 is 0. The first-order valence-electron chi connectivity index (χ1n) is 7.46. The molecule has 1 aromatic rings. The van der Waals surface area contributed by atoms with Gasteiger partial charge < -0.3 is 15.3 Å². The topological polar surface area (TPSA) is 86.7 Å². The van der Waals surface area contributed by atoms with Crippen molar-refractivity contribution in [3.63, 3.8) is 0 Å². The summed E-state index contributed by atoms with van der Waals surface area (Å²) in [6.45, 7) is 0.334. The number of nitrogens with one attached hydrogen (secondary N) is 1. The number of carboxylic acid groups (broad SMARTS) is 1. The number of benzene rings is 1. The van der Waals surface area contributed by atoms with Gasteiger partial charge in [0, 0.05) is 12.5 Å². The lowest BCUT2D eigenvalue weighted by Crippen LogP contribution is -2.44. The average molecular weight is 302 g/mol. The van der Waals surface area contributed by atoms with Gasteiger partial charge >= 0.3 is 5.97 Å². The minimum Gasteiger partial charge on any atom is -0.479 e. The molecule has 1 saturated carbocycles. The highest BCUT2D eigenvalue weighted by Crippen LogP contribution is 2.30. The molecule has 2 amide bonds. The first-order chi connectivity index (χ1) is 10.6. The van der Waals surface area contributed by atoms with E-state index in [-0.39, 0.29) is 17.7 Å². The molecule has 2 unspecified atom stereocenters. The summed E-state index contributed by atoms with van der Waals surface area (Å²) < 4.78 is 0. The number of amides is 2. The standard InChI is InChI=1S/C16H18N2O4/c19-14(11-6-7-11)17-12-8-9-18(15(12)20)13(16(21)22)10-4-2-1-3-5-10/h1-5,11-13H,6-9H2,(H,17,19)(H,21,22). The van der Waals surface area contributed by atoms with Crippen LogP contribution in [-0.4, -0.2) is 40.4 Å². The quantitative estimate of drug-likeness (QED) is 0.847. The molecule has 1 aliphatic heterocycles. The van der Waals surface area contributed by atoms with Crippen molar-refractivity contribution in [2.24, 2.45) is 5.92 Å². The Labute approximate surface area is 128 Å². The lowest BCUT2D eigenvalue weighted by molar-refractivity contribution is -0.149. The van der Waals surface area contributed by atoms with Crippen molar-refractivity contribution in [3.8, 4) is 0 Å². The molecular formula is C16H18N2O4. The summed E-state index contributed by atoms with van der Waals surface area (Å²) in [5.74, 6) is -1.43. The number of carbonyl (C=O) groups is 3. The SMILES string of the molecule is O=C(NC1CCN(C(C(=O)O)c2ccccc2)C1=O)C1CC1. The third-order valence-corrected chi connectivity index (χ3v) is 4.17. The van der Waals surface area contributed by atoms with Crippen LogP contribution in [0.2, 0.25) is 0 Å². The number of rotatable bonds is 5. The van der Waals surface area contributed by atoms with E-state index in [2.05, 4.69) is 5.32 Å². The zero-order chi connectivity index (χ0) is 15.7. The molecule has 116 valence electrons. The highest BCUT2D eigenvalue weighted by molar-refractivity contribution is 5.93. The fourth-order valence-electron chi connectivity index (χ4n) is 2.82. The van der Waals surface area contributed by atoms with E-state index in [0.717, 1.165) is 12.8 Å². The second kappa shape index (κ2) is 5.79. The van der Waals surface area contributed by atoms with Crippen molar-refractivity contribution in [2.75, 3.05) is 6.54 Å². The third-order valence-electron chi connectivity index (χ3n) is 4.17. The highest BCUT2D eigenvalue weighted by atomic mass is 16.4. The largest absolute Gasteiger partial charge is 0.479 e. The summed E-state index contributed by atoms with van der Waals surface area (Å²) in [7, 11) is 0. The molecule has 0 radical (unpaired) electrons. The van der Waals surface area contributed by atoms with Gasteiger partial charge in [-0.25, -0.2) is 4.79 Å². The Balaban J connectivity index is 1.74. The Morgan fingerprint density at radius 1 is 1.18 bits per heavy atom. The van der Waals surface area contributed by atoms with Crippen LogP contribution in [0, 0.1) is 5.92 Å². The minimum absolute atomic E-state index is 0.0336. The molecular weight excluding hydrogens is 284 g/mol. The van der Waals surface area contributed by atoms with Gasteiger partial charge in [0.15, 0.2) is 6.04 Å². The van der Waals surface area contributed by atoms with Gasteiger partial charge in [0.2, 0.25) is 11.8 Å². The highest BCUT2D eigenvalue weighted by Gasteiger charge is 2.41. The molecule has 2 aliphatic rings. The summed E-state index contributed by atoms with van der Waals surface area (Å²) in [6.07, 6.45) is 2.20. The molecule has 6 heteroatoms. The second-order valence-corrected chi connectivity index (χ2v) is 5.81. The lowest BCUT2D eigenvalue weighted by atomic mass is 10.1. The number of likely N-dealkylation sites (tertiary alicyclic amines) is 1. The van der Waals surface area contributed by atoms with Crippen LogP contribution in [0.4, 0.5) is 0 Å². The maximum absolute atomic E-state index is 12.5. The number of carboxylic acids is 1. The molecule has 1 saturated heterocycles. The Bertz CT molecular complexity index is 597. The summed E-state index contributed by atoms with van der Waals surface area (Å²) in [5, 5.41) is 12.2. The van der Waals surface area contributed by atoms with Gasteiger partial charge in [-0.3, -0.25) is 9.59 Å². The van der Waals surface area contributed by atoms with Crippen LogP contribution < -0.4 is 5.32 Å². The van der Waals surface area contributed by atoms with Gasteiger partial charge in [-0.05, 0) is 24.8 Å². The van der Waals surface area contributed by atoms with E-state index in [1.54, 1.807) is 30.3 Å². The summed E-state index contributed by atoms with van der Waals surface area (Å²) in [4.78, 5) is 37.2. The molecule has 6 nitrogen and oxygen atoms in total. The normalized spacial score (nSPS) is 22.5. The monoisotopic (exact) mass is 302 g/mol. The van der Waals surface area contributed by atoms with Gasteiger partial charge in [0.05, 0.1) is 0 Å². The van der Waals surface area contributed by atoms with E-state index in [0.29, 0.717) is 18.5 Å². The van der Waals surface area contributed by atoms with E-state index in [1.165, 1.54) is 4.90 Å². The van der Waals surface area contributed by atoms with E-state index in [1.807, 2.05) is 0 Å². The van der Waals surface area contributed by atoms with E-state index < -0.39 is 18.1 Å².